The Hall–Kier alpha value is -4.62. The lowest BCUT2D eigenvalue weighted by atomic mass is 9.84. The highest BCUT2D eigenvalue weighted by molar-refractivity contribution is 7.57. The van der Waals surface area contributed by atoms with E-state index in [2.05, 4.69) is 260 Å². The second-order valence-corrected chi connectivity index (χ2v) is 29.5. The smallest absolute Gasteiger partial charge is 0.326 e. The Morgan fingerprint density at radius 2 is 0.622 bits per heavy atom. The van der Waals surface area contributed by atoms with Gasteiger partial charge in [0.15, 0.2) is 0 Å². The van der Waals surface area contributed by atoms with Crippen LogP contribution in [0.5, 0.6) is 23.0 Å². The second kappa shape index (κ2) is 24.2. The van der Waals surface area contributed by atoms with Gasteiger partial charge in [-0.1, -0.05) is 211 Å². The Morgan fingerprint density at radius 1 is 0.324 bits per heavy atom. The molecule has 0 N–H and O–H groups in total. The van der Waals surface area contributed by atoms with Crippen molar-refractivity contribution in [3.8, 4) is 34.1 Å². The molecule has 0 amide bonds. The Balaban J connectivity index is 1.40. The van der Waals surface area contributed by atoms with Crippen LogP contribution >= 0.6 is 16.8 Å². The first-order valence-electron chi connectivity index (χ1n) is 27.5. The van der Waals surface area contributed by atoms with E-state index in [1.165, 1.54) is 44.5 Å². The molecule has 6 aromatic rings. The molecule has 74 heavy (non-hydrogen) atoms. The molecule has 0 saturated carbocycles. The van der Waals surface area contributed by atoms with Crippen LogP contribution in [0, 0.1) is 23.7 Å². The summed E-state index contributed by atoms with van der Waals surface area (Å²) in [6, 6.07) is 44.6. The summed E-state index contributed by atoms with van der Waals surface area (Å²) in [4.78, 5) is 0. The first-order chi connectivity index (χ1) is 34.4. The van der Waals surface area contributed by atoms with E-state index in [0.717, 1.165) is 70.4 Å². The van der Waals surface area contributed by atoms with E-state index in [1.807, 2.05) is 0 Å². The number of hydrogen-bond acceptors (Lipinski definition) is 4. The monoisotopic (exact) mass is 1030 g/mol. The third kappa shape index (κ3) is 16.2. The van der Waals surface area contributed by atoms with Crippen molar-refractivity contribution in [1.29, 1.82) is 0 Å². The van der Waals surface area contributed by atoms with Crippen LogP contribution in [0.3, 0.4) is 0 Å². The van der Waals surface area contributed by atoms with Crippen molar-refractivity contribution >= 4 is 27.4 Å². The third-order valence-electron chi connectivity index (χ3n) is 13.3. The van der Waals surface area contributed by atoms with Gasteiger partial charge in [0, 0.05) is 11.1 Å². The second-order valence-electron chi connectivity index (χ2n) is 26.7. The molecule has 6 rings (SSSR count). The molecular weight excluding hydrogens is 943 g/mol. The molecule has 0 aliphatic carbocycles. The molecule has 4 nitrogen and oxygen atoms in total. The molecule has 0 spiro atoms. The van der Waals surface area contributed by atoms with E-state index in [-0.39, 0.29) is 21.7 Å². The van der Waals surface area contributed by atoms with Crippen LogP contribution in [0.1, 0.15) is 183 Å². The van der Waals surface area contributed by atoms with Crippen LogP contribution in [-0.4, -0.2) is 0 Å². The first-order valence-corrected chi connectivity index (χ1v) is 29.9. The molecule has 0 bridgehead atoms. The van der Waals surface area contributed by atoms with Crippen molar-refractivity contribution in [2.75, 3.05) is 0 Å². The van der Waals surface area contributed by atoms with E-state index in [4.69, 9.17) is 18.1 Å². The molecule has 0 fully saturated rings. The van der Waals surface area contributed by atoms with E-state index >= 15 is 0 Å². The summed E-state index contributed by atoms with van der Waals surface area (Å²) in [5.41, 5.74) is 12.1. The molecule has 0 heterocycles. The van der Waals surface area contributed by atoms with Crippen LogP contribution < -0.4 is 28.7 Å². The largest absolute Gasteiger partial charge is 0.435 e. The molecule has 0 aromatic heterocycles. The van der Waals surface area contributed by atoms with Gasteiger partial charge in [0.25, 0.3) is 0 Å². The van der Waals surface area contributed by atoms with Gasteiger partial charge < -0.3 is 18.1 Å². The Bertz CT molecular complexity index is 2630. The van der Waals surface area contributed by atoms with E-state index in [0.29, 0.717) is 23.7 Å². The Morgan fingerprint density at radius 3 is 0.905 bits per heavy atom. The highest BCUT2D eigenvalue weighted by Gasteiger charge is 2.30. The molecule has 398 valence electrons. The topological polar surface area (TPSA) is 36.9 Å². The van der Waals surface area contributed by atoms with E-state index < -0.39 is 16.8 Å². The summed E-state index contributed by atoms with van der Waals surface area (Å²) in [7, 11) is -3.17. The predicted octanol–water partition coefficient (Wildman–Crippen LogP) is 19.5. The summed E-state index contributed by atoms with van der Waals surface area (Å²) in [5.74, 6) is 5.55. The fourth-order valence-electron chi connectivity index (χ4n) is 9.31. The van der Waals surface area contributed by atoms with Crippen molar-refractivity contribution < 1.29 is 18.1 Å². The fourth-order valence-corrected chi connectivity index (χ4v) is 12.0. The lowest BCUT2D eigenvalue weighted by Gasteiger charge is -2.29. The summed E-state index contributed by atoms with van der Waals surface area (Å²) in [6.07, 6.45) is 3.87. The van der Waals surface area contributed by atoms with Gasteiger partial charge in [-0.3, -0.25) is 0 Å². The molecule has 0 aliphatic rings. The van der Waals surface area contributed by atoms with Gasteiger partial charge in [0.1, 0.15) is 23.0 Å². The lowest BCUT2D eigenvalue weighted by Crippen LogP contribution is -2.18. The summed E-state index contributed by atoms with van der Waals surface area (Å²) >= 11 is 0. The van der Waals surface area contributed by atoms with Crippen molar-refractivity contribution in [2.24, 2.45) is 23.7 Å². The van der Waals surface area contributed by atoms with Crippen molar-refractivity contribution in [2.45, 2.75) is 186 Å². The zero-order valence-corrected chi connectivity index (χ0v) is 51.0. The van der Waals surface area contributed by atoms with Gasteiger partial charge in [-0.2, -0.15) is 0 Å². The number of benzene rings is 6. The minimum atomic E-state index is -1.60. The highest BCUT2D eigenvalue weighted by Crippen LogP contribution is 2.48. The minimum Gasteiger partial charge on any atom is -0.435 e. The maximum absolute atomic E-state index is 7.19. The Kier molecular flexibility index (Phi) is 19.1. The van der Waals surface area contributed by atoms with Gasteiger partial charge in [0.2, 0.25) is 0 Å². The Labute approximate surface area is 452 Å². The summed E-state index contributed by atoms with van der Waals surface area (Å²) in [5, 5.41) is 2.02. The normalized spacial score (nSPS) is 12.7. The average molecular weight is 1040 g/mol. The van der Waals surface area contributed by atoms with E-state index in [9.17, 15) is 0 Å². The van der Waals surface area contributed by atoms with Crippen LogP contribution in [0.4, 0.5) is 0 Å². The summed E-state index contributed by atoms with van der Waals surface area (Å²) in [6.45, 7) is 45.5. The minimum absolute atomic E-state index is 0.0202. The van der Waals surface area contributed by atoms with Gasteiger partial charge in [-0.15, -0.1) is 0 Å². The van der Waals surface area contributed by atoms with Crippen LogP contribution in [0.25, 0.3) is 11.1 Å². The van der Waals surface area contributed by atoms with E-state index in [1.54, 1.807) is 0 Å². The van der Waals surface area contributed by atoms with Crippen molar-refractivity contribution in [1.82, 2.24) is 0 Å². The molecule has 0 radical (unpaired) electrons. The SMILES string of the molecule is CC(C)Cc1ccc(OP(Oc2ccc(CC(C)C)cc2C(C)(C)C)c2ccc(-c3ccc(P(Oc4ccc(C(C)(C)C)cc4CC(C)C)Oc4ccc(C(C)(C)C)cc4CC(C)C)cc3)cc2)c(C(C)(C)C)c1. The zero-order chi connectivity index (χ0) is 54.5. The van der Waals surface area contributed by atoms with Crippen LogP contribution in [0.2, 0.25) is 0 Å². The molecule has 6 aromatic carbocycles. The lowest BCUT2D eigenvalue weighted by molar-refractivity contribution is 0.468. The molecular formula is C68H92O4P2. The van der Waals surface area contributed by atoms with Crippen LogP contribution in [0.15, 0.2) is 121 Å². The average Bonchev–Trinajstić information content (AvgIpc) is 3.28. The molecule has 6 heteroatoms. The van der Waals surface area contributed by atoms with Gasteiger partial charge >= 0.3 is 16.8 Å². The van der Waals surface area contributed by atoms with Crippen molar-refractivity contribution in [3.63, 3.8) is 0 Å². The highest BCUT2D eigenvalue weighted by atomic mass is 31.2. The predicted molar refractivity (Wildman–Crippen MR) is 322 cm³/mol. The van der Waals surface area contributed by atoms with Gasteiger partial charge in [-0.05, 0) is 164 Å². The summed E-state index contributed by atoms with van der Waals surface area (Å²) < 4.78 is 28.7. The first kappa shape index (κ1) is 58.6. The number of hydrogen-bond donors (Lipinski definition) is 0. The standard InChI is InChI=1S/C68H92O4P2/c1-45(2)37-49-21-33-63(59(41-49)67(15,16)17)71-74(72-64-34-22-50(38-46(3)4)42-60(64)68(18,19)20)58-31-25-52(26-32-58)51-23-29-57(30-24-51)73(69-61-35-27-55(65(9,10)11)43-53(61)39-47(5)6)70-62-36-28-56(66(12,13)14)44-54(62)40-48(7)8/h21-36,41-48H,37-40H2,1-20H3. The molecule has 0 atom stereocenters. The van der Waals surface area contributed by atoms with Gasteiger partial charge in [0.05, 0.1) is 10.6 Å². The zero-order valence-electron chi connectivity index (χ0n) is 49.2. The van der Waals surface area contributed by atoms with Crippen molar-refractivity contribution in [3.05, 3.63) is 166 Å². The fraction of sp³-hybridized carbons (Fsp3) is 0.471. The maximum atomic E-state index is 7.19. The van der Waals surface area contributed by atoms with Gasteiger partial charge in [-0.25, -0.2) is 0 Å². The maximum Gasteiger partial charge on any atom is 0.326 e. The molecule has 0 aliphatic heterocycles. The quantitative estimate of drug-likeness (QED) is 0.0758. The molecule has 0 saturated heterocycles. The molecule has 0 unspecified atom stereocenters. The van der Waals surface area contributed by atoms with Crippen LogP contribution in [-0.2, 0) is 47.3 Å². The third-order valence-corrected chi connectivity index (χ3v) is 16.2. The number of rotatable bonds is 19.